The van der Waals surface area contributed by atoms with Gasteiger partial charge in [0, 0.05) is 42.1 Å². The average molecular weight is 534 g/mol. The first-order valence-corrected chi connectivity index (χ1v) is 14.2. The van der Waals surface area contributed by atoms with Crippen molar-refractivity contribution < 1.29 is 9.47 Å². The maximum atomic E-state index is 5.94. The minimum atomic E-state index is 0.683. The second-order valence-corrected chi connectivity index (χ2v) is 10.4. The molecule has 0 N–H and O–H groups in total. The van der Waals surface area contributed by atoms with Crippen LogP contribution in [0.3, 0.4) is 0 Å². The molecule has 41 heavy (non-hydrogen) atoms. The van der Waals surface area contributed by atoms with Crippen molar-refractivity contribution in [1.29, 1.82) is 0 Å². The minimum Gasteiger partial charge on any atom is -0.493 e. The van der Waals surface area contributed by atoms with Gasteiger partial charge in [0.25, 0.3) is 0 Å². The molecule has 0 saturated carbocycles. The van der Waals surface area contributed by atoms with Gasteiger partial charge in [-0.05, 0) is 63.4 Å². The Balaban J connectivity index is 1.23. The van der Waals surface area contributed by atoms with Gasteiger partial charge in [-0.25, -0.2) is 0 Å². The second kappa shape index (κ2) is 11.2. The summed E-state index contributed by atoms with van der Waals surface area (Å²) in [7, 11) is 0. The normalized spacial score (nSPS) is 16.3. The molecule has 3 heteroatoms. The Morgan fingerprint density at radius 3 is 1.71 bits per heavy atom. The van der Waals surface area contributed by atoms with Crippen LogP contribution in [-0.2, 0) is 0 Å². The fraction of sp³-hybridized carbons (Fsp3) is 0.105. The van der Waals surface area contributed by atoms with Crippen LogP contribution in [0, 0.1) is 0 Å². The molecule has 0 amide bonds. The molecule has 0 fully saturated rings. The first-order chi connectivity index (χ1) is 20.3. The van der Waals surface area contributed by atoms with Gasteiger partial charge >= 0.3 is 0 Å². The summed E-state index contributed by atoms with van der Waals surface area (Å²) >= 11 is 0. The number of ether oxygens (including phenoxy) is 2. The smallest absolute Gasteiger partial charge is 0.126 e. The molecular weight excluding hydrogens is 502 g/mol. The summed E-state index contributed by atoms with van der Waals surface area (Å²) in [5.74, 6) is 1.89. The molecule has 3 nitrogen and oxygen atoms in total. The summed E-state index contributed by atoms with van der Waals surface area (Å²) in [6, 6.07) is 40.5. The van der Waals surface area contributed by atoms with E-state index < -0.39 is 0 Å². The average Bonchev–Trinajstić information content (AvgIpc) is 3.04. The highest BCUT2D eigenvalue weighted by atomic mass is 16.5. The first kappa shape index (κ1) is 25.0. The van der Waals surface area contributed by atoms with E-state index in [9.17, 15) is 0 Å². The van der Waals surface area contributed by atoms with Crippen molar-refractivity contribution in [3.63, 3.8) is 0 Å². The van der Waals surface area contributed by atoms with Crippen LogP contribution in [0.1, 0.15) is 35.1 Å². The lowest BCUT2D eigenvalue weighted by Crippen LogP contribution is -2.15. The Bertz CT molecular complexity index is 1730. The summed E-state index contributed by atoms with van der Waals surface area (Å²) in [6.45, 7) is 1.37. The Morgan fingerprint density at radius 1 is 0.512 bits per heavy atom. The van der Waals surface area contributed by atoms with Gasteiger partial charge in [0.05, 0.1) is 13.2 Å². The SMILES string of the molecule is C(=C\c1ccc2ccccc2c1)/c1ccc(N(/C=C2\CCOc3ccccc32)/C=C2\CCOc3ccccc32)cc1. The summed E-state index contributed by atoms with van der Waals surface area (Å²) in [5.41, 5.74) is 8.32. The third-order valence-corrected chi connectivity index (χ3v) is 7.75. The van der Waals surface area contributed by atoms with Crippen LogP contribution in [0.2, 0.25) is 0 Å². The fourth-order valence-corrected chi connectivity index (χ4v) is 5.58. The second-order valence-electron chi connectivity index (χ2n) is 10.4. The van der Waals surface area contributed by atoms with Gasteiger partial charge in [0.1, 0.15) is 11.5 Å². The van der Waals surface area contributed by atoms with Crippen molar-refractivity contribution in [3.05, 3.63) is 150 Å². The third kappa shape index (κ3) is 5.39. The predicted octanol–water partition coefficient (Wildman–Crippen LogP) is 9.46. The Hall–Kier alpha value is -5.02. The summed E-state index contributed by atoms with van der Waals surface area (Å²) < 4.78 is 11.9. The highest BCUT2D eigenvalue weighted by Crippen LogP contribution is 2.36. The summed E-state index contributed by atoms with van der Waals surface area (Å²) in [4.78, 5) is 2.27. The van der Waals surface area contributed by atoms with Crippen molar-refractivity contribution in [2.45, 2.75) is 12.8 Å². The number of fused-ring (bicyclic) bond motifs is 3. The molecule has 0 bridgehead atoms. The maximum absolute atomic E-state index is 5.94. The standard InChI is InChI=1S/C38H31NO2/c1-2-8-31-25-29(15-18-30(31)7-1)14-13-28-16-19-34(20-17-28)39(26-32-21-23-40-37-11-5-3-9-35(32)37)27-33-22-24-41-38-12-6-4-10-36(33)38/h1-20,25-27H,21-24H2/b14-13+,32-26+,33-27+. The van der Waals surface area contributed by atoms with Gasteiger partial charge < -0.3 is 14.4 Å². The Morgan fingerprint density at radius 2 is 1.05 bits per heavy atom. The number of benzene rings is 5. The van der Waals surface area contributed by atoms with Crippen molar-refractivity contribution in [3.8, 4) is 11.5 Å². The largest absolute Gasteiger partial charge is 0.493 e. The maximum Gasteiger partial charge on any atom is 0.126 e. The van der Waals surface area contributed by atoms with E-state index in [2.05, 4.69) is 133 Å². The van der Waals surface area contributed by atoms with Crippen LogP contribution in [0.25, 0.3) is 34.1 Å². The molecule has 5 aromatic carbocycles. The molecule has 2 aliphatic rings. The summed E-state index contributed by atoms with van der Waals surface area (Å²) in [6.07, 6.45) is 10.6. The molecule has 2 aliphatic heterocycles. The lowest BCUT2D eigenvalue weighted by molar-refractivity contribution is 0.316. The molecule has 2 heterocycles. The number of hydrogen-bond donors (Lipinski definition) is 0. The van der Waals surface area contributed by atoms with Crippen LogP contribution < -0.4 is 14.4 Å². The quantitative estimate of drug-likeness (QED) is 0.210. The van der Waals surface area contributed by atoms with Gasteiger partial charge in [0.2, 0.25) is 0 Å². The van der Waals surface area contributed by atoms with E-state index >= 15 is 0 Å². The highest BCUT2D eigenvalue weighted by molar-refractivity contribution is 5.86. The van der Waals surface area contributed by atoms with Crippen molar-refractivity contribution in [1.82, 2.24) is 0 Å². The first-order valence-electron chi connectivity index (χ1n) is 14.2. The highest BCUT2D eigenvalue weighted by Gasteiger charge is 2.18. The number of hydrogen-bond acceptors (Lipinski definition) is 3. The zero-order valence-corrected chi connectivity index (χ0v) is 22.9. The van der Waals surface area contributed by atoms with E-state index in [0.29, 0.717) is 13.2 Å². The topological polar surface area (TPSA) is 21.7 Å². The van der Waals surface area contributed by atoms with Crippen molar-refractivity contribution >= 4 is 39.8 Å². The zero-order chi connectivity index (χ0) is 27.4. The number of nitrogens with zero attached hydrogens (tertiary/aromatic N) is 1. The Labute approximate surface area is 241 Å². The van der Waals surface area contributed by atoms with Crippen LogP contribution in [-0.4, -0.2) is 13.2 Å². The molecule has 200 valence electrons. The Kier molecular flexibility index (Phi) is 6.84. The van der Waals surface area contributed by atoms with E-state index in [-0.39, 0.29) is 0 Å². The molecule has 0 aliphatic carbocycles. The number of para-hydroxylation sites is 2. The van der Waals surface area contributed by atoms with Crippen molar-refractivity contribution in [2.24, 2.45) is 0 Å². The number of rotatable bonds is 5. The van der Waals surface area contributed by atoms with E-state index in [0.717, 1.165) is 46.7 Å². The van der Waals surface area contributed by atoms with Gasteiger partial charge in [-0.15, -0.1) is 0 Å². The van der Waals surface area contributed by atoms with Gasteiger partial charge in [0.15, 0.2) is 0 Å². The number of anilines is 1. The van der Waals surface area contributed by atoms with E-state index in [1.165, 1.54) is 27.5 Å². The molecule has 0 saturated heterocycles. The fourth-order valence-electron chi connectivity index (χ4n) is 5.58. The molecule has 5 aromatic rings. The van der Waals surface area contributed by atoms with Gasteiger partial charge in [-0.3, -0.25) is 0 Å². The van der Waals surface area contributed by atoms with Gasteiger partial charge in [-0.2, -0.15) is 0 Å². The molecular formula is C38H31NO2. The van der Waals surface area contributed by atoms with E-state index in [1.807, 2.05) is 12.1 Å². The van der Waals surface area contributed by atoms with E-state index in [4.69, 9.17) is 9.47 Å². The van der Waals surface area contributed by atoms with E-state index in [1.54, 1.807) is 0 Å². The van der Waals surface area contributed by atoms with Crippen LogP contribution >= 0.6 is 0 Å². The van der Waals surface area contributed by atoms with Crippen LogP contribution in [0.4, 0.5) is 5.69 Å². The minimum absolute atomic E-state index is 0.683. The molecule has 7 rings (SSSR count). The lowest BCUT2D eigenvalue weighted by Gasteiger charge is -2.26. The summed E-state index contributed by atoms with van der Waals surface area (Å²) in [5, 5.41) is 2.52. The molecule has 0 spiro atoms. The third-order valence-electron chi connectivity index (χ3n) is 7.75. The molecule has 0 atom stereocenters. The molecule has 0 unspecified atom stereocenters. The predicted molar refractivity (Wildman–Crippen MR) is 171 cm³/mol. The van der Waals surface area contributed by atoms with Crippen molar-refractivity contribution in [2.75, 3.05) is 18.1 Å². The molecule has 0 radical (unpaired) electrons. The lowest BCUT2D eigenvalue weighted by atomic mass is 9.99. The molecule has 0 aromatic heterocycles. The van der Waals surface area contributed by atoms with Crippen LogP contribution in [0.5, 0.6) is 11.5 Å². The zero-order valence-electron chi connectivity index (χ0n) is 22.9. The van der Waals surface area contributed by atoms with Crippen LogP contribution in [0.15, 0.2) is 128 Å². The monoisotopic (exact) mass is 533 g/mol. The van der Waals surface area contributed by atoms with Gasteiger partial charge in [-0.1, -0.05) is 97.1 Å².